The number of rotatable bonds is 4. The van der Waals surface area contributed by atoms with Crippen molar-refractivity contribution in [2.45, 2.75) is 26.9 Å². The van der Waals surface area contributed by atoms with E-state index in [1.54, 1.807) is 6.92 Å². The molecule has 0 aliphatic carbocycles. The van der Waals surface area contributed by atoms with Crippen LogP contribution >= 0.6 is 22.6 Å². The maximum Gasteiger partial charge on any atom is 0.265 e. The molecule has 0 aromatic heterocycles. The van der Waals surface area contributed by atoms with Crippen LogP contribution in [0, 0.1) is 17.4 Å². The quantitative estimate of drug-likeness (QED) is 0.784. The van der Waals surface area contributed by atoms with E-state index in [1.807, 2.05) is 56.3 Å². The van der Waals surface area contributed by atoms with E-state index in [0.29, 0.717) is 0 Å². The fraction of sp³-hybridized carbons (Fsp3) is 0.235. The van der Waals surface area contributed by atoms with Crippen molar-refractivity contribution in [3.8, 4) is 5.75 Å². The predicted molar refractivity (Wildman–Crippen MR) is 93.8 cm³/mol. The summed E-state index contributed by atoms with van der Waals surface area (Å²) in [6.07, 6.45) is -0.550. The normalized spacial score (nSPS) is 11.8. The molecule has 0 unspecified atom stereocenters. The topological polar surface area (TPSA) is 38.3 Å². The zero-order chi connectivity index (χ0) is 15.4. The summed E-state index contributed by atoms with van der Waals surface area (Å²) in [5.41, 5.74) is 2.98. The van der Waals surface area contributed by atoms with Crippen molar-refractivity contribution in [3.05, 3.63) is 57.2 Å². The zero-order valence-corrected chi connectivity index (χ0v) is 14.5. The van der Waals surface area contributed by atoms with Crippen LogP contribution in [0.1, 0.15) is 18.1 Å². The minimum absolute atomic E-state index is 0.156. The van der Waals surface area contributed by atoms with Crippen LogP contribution in [-0.2, 0) is 4.79 Å². The number of nitrogens with one attached hydrogen (secondary N) is 1. The van der Waals surface area contributed by atoms with Gasteiger partial charge in [0.2, 0.25) is 0 Å². The molecule has 0 aliphatic heterocycles. The Morgan fingerprint density at radius 3 is 2.43 bits per heavy atom. The second-order valence-corrected chi connectivity index (χ2v) is 6.27. The van der Waals surface area contributed by atoms with E-state index in [2.05, 4.69) is 27.9 Å². The molecule has 110 valence electrons. The molecule has 0 saturated heterocycles. The van der Waals surface area contributed by atoms with Crippen LogP contribution in [0.2, 0.25) is 0 Å². The summed E-state index contributed by atoms with van der Waals surface area (Å²) in [5.74, 6) is 0.585. The third-order valence-corrected chi connectivity index (χ3v) is 3.83. The molecule has 0 heterocycles. The highest BCUT2D eigenvalue weighted by molar-refractivity contribution is 14.1. The Labute approximate surface area is 138 Å². The molecule has 0 spiro atoms. The molecule has 0 radical (unpaired) electrons. The lowest BCUT2D eigenvalue weighted by molar-refractivity contribution is -0.122. The summed E-state index contributed by atoms with van der Waals surface area (Å²) in [6.45, 7) is 5.76. The Kier molecular flexibility index (Phi) is 5.22. The van der Waals surface area contributed by atoms with Gasteiger partial charge in [-0.15, -0.1) is 0 Å². The molecular weight excluding hydrogens is 377 g/mol. The first-order valence-corrected chi connectivity index (χ1v) is 7.84. The number of amides is 1. The lowest BCUT2D eigenvalue weighted by Gasteiger charge is -2.16. The minimum atomic E-state index is -0.550. The van der Waals surface area contributed by atoms with E-state index < -0.39 is 6.10 Å². The smallest absolute Gasteiger partial charge is 0.265 e. The standard InChI is InChI=1S/C17H18INO2/c1-11-4-9-16(12(2)10-11)21-13(3)17(20)19-15-7-5-14(18)6-8-15/h4-10,13H,1-3H3,(H,19,20)/t13-/m0/s1. The molecule has 0 saturated carbocycles. The Morgan fingerprint density at radius 1 is 1.14 bits per heavy atom. The Balaban J connectivity index is 2.00. The summed E-state index contributed by atoms with van der Waals surface area (Å²) in [7, 11) is 0. The lowest BCUT2D eigenvalue weighted by atomic mass is 10.1. The molecule has 3 nitrogen and oxygen atoms in total. The van der Waals surface area contributed by atoms with Crippen LogP contribution in [0.15, 0.2) is 42.5 Å². The monoisotopic (exact) mass is 395 g/mol. The molecule has 0 aliphatic rings. The SMILES string of the molecule is Cc1ccc(O[C@@H](C)C(=O)Nc2ccc(I)cc2)c(C)c1. The molecular formula is C17H18INO2. The van der Waals surface area contributed by atoms with Gasteiger partial charge in [0.25, 0.3) is 5.91 Å². The number of carbonyl (C=O) groups is 1. The molecule has 21 heavy (non-hydrogen) atoms. The van der Waals surface area contributed by atoms with Gasteiger partial charge in [0.1, 0.15) is 5.75 Å². The van der Waals surface area contributed by atoms with Crippen LogP contribution in [0.25, 0.3) is 0 Å². The summed E-state index contributed by atoms with van der Waals surface area (Å²) in [4.78, 5) is 12.1. The molecule has 0 bridgehead atoms. The maximum atomic E-state index is 12.1. The summed E-state index contributed by atoms with van der Waals surface area (Å²) in [6, 6.07) is 13.6. The summed E-state index contributed by atoms with van der Waals surface area (Å²) < 4.78 is 6.87. The molecule has 2 rings (SSSR count). The van der Waals surface area contributed by atoms with Gasteiger partial charge in [-0.2, -0.15) is 0 Å². The predicted octanol–water partition coefficient (Wildman–Crippen LogP) is 4.31. The minimum Gasteiger partial charge on any atom is -0.481 e. The number of ether oxygens (including phenoxy) is 1. The van der Waals surface area contributed by atoms with E-state index in [9.17, 15) is 4.79 Å². The molecule has 0 fully saturated rings. The van der Waals surface area contributed by atoms with Gasteiger partial charge in [-0.05, 0) is 79.3 Å². The maximum absolute atomic E-state index is 12.1. The van der Waals surface area contributed by atoms with Crippen LogP contribution < -0.4 is 10.1 Å². The van der Waals surface area contributed by atoms with Crippen molar-refractivity contribution < 1.29 is 9.53 Å². The highest BCUT2D eigenvalue weighted by Crippen LogP contribution is 2.20. The Hall–Kier alpha value is -1.56. The van der Waals surface area contributed by atoms with Crippen LogP contribution in [-0.4, -0.2) is 12.0 Å². The van der Waals surface area contributed by atoms with Gasteiger partial charge in [-0.25, -0.2) is 0 Å². The van der Waals surface area contributed by atoms with Gasteiger partial charge in [-0.1, -0.05) is 17.7 Å². The average molecular weight is 395 g/mol. The number of benzene rings is 2. The first-order chi connectivity index (χ1) is 9.95. The van der Waals surface area contributed by atoms with Crippen molar-refractivity contribution in [1.82, 2.24) is 0 Å². The summed E-state index contributed by atoms with van der Waals surface area (Å²) in [5, 5.41) is 2.85. The number of halogens is 1. The van der Waals surface area contributed by atoms with Crippen LogP contribution in [0.3, 0.4) is 0 Å². The van der Waals surface area contributed by atoms with Crippen molar-refractivity contribution in [1.29, 1.82) is 0 Å². The van der Waals surface area contributed by atoms with Gasteiger partial charge in [0, 0.05) is 9.26 Å². The van der Waals surface area contributed by atoms with Crippen molar-refractivity contribution in [2.24, 2.45) is 0 Å². The van der Waals surface area contributed by atoms with Crippen LogP contribution in [0.4, 0.5) is 5.69 Å². The van der Waals surface area contributed by atoms with E-state index in [0.717, 1.165) is 20.6 Å². The third kappa shape index (κ3) is 4.46. The fourth-order valence-corrected chi connectivity index (χ4v) is 2.31. The number of anilines is 1. The summed E-state index contributed by atoms with van der Waals surface area (Å²) >= 11 is 2.23. The lowest BCUT2D eigenvalue weighted by Crippen LogP contribution is -2.30. The van der Waals surface area contributed by atoms with E-state index in [-0.39, 0.29) is 5.91 Å². The van der Waals surface area contributed by atoms with Gasteiger partial charge >= 0.3 is 0 Å². The van der Waals surface area contributed by atoms with Gasteiger partial charge in [-0.3, -0.25) is 4.79 Å². The highest BCUT2D eigenvalue weighted by atomic mass is 127. The molecule has 2 aromatic carbocycles. The second-order valence-electron chi connectivity index (χ2n) is 5.03. The van der Waals surface area contributed by atoms with E-state index in [1.165, 1.54) is 5.56 Å². The fourth-order valence-electron chi connectivity index (χ4n) is 1.95. The molecule has 2 aromatic rings. The molecule has 1 atom stereocenters. The van der Waals surface area contributed by atoms with E-state index >= 15 is 0 Å². The van der Waals surface area contributed by atoms with Gasteiger partial charge < -0.3 is 10.1 Å². The molecule has 4 heteroatoms. The zero-order valence-electron chi connectivity index (χ0n) is 12.3. The highest BCUT2D eigenvalue weighted by Gasteiger charge is 2.15. The first-order valence-electron chi connectivity index (χ1n) is 6.76. The van der Waals surface area contributed by atoms with Gasteiger partial charge in [0.05, 0.1) is 0 Å². The number of hydrogen-bond acceptors (Lipinski definition) is 2. The Morgan fingerprint density at radius 2 is 1.81 bits per heavy atom. The number of aryl methyl sites for hydroxylation is 2. The first kappa shape index (κ1) is 15.8. The van der Waals surface area contributed by atoms with Gasteiger partial charge in [0.15, 0.2) is 6.10 Å². The van der Waals surface area contributed by atoms with E-state index in [4.69, 9.17) is 4.74 Å². The average Bonchev–Trinajstić information content (AvgIpc) is 2.44. The van der Waals surface area contributed by atoms with Crippen molar-refractivity contribution in [3.63, 3.8) is 0 Å². The number of hydrogen-bond donors (Lipinski definition) is 1. The number of carbonyl (C=O) groups excluding carboxylic acids is 1. The third-order valence-electron chi connectivity index (χ3n) is 3.12. The Bertz CT molecular complexity index is 638. The van der Waals surface area contributed by atoms with Crippen molar-refractivity contribution >= 4 is 34.2 Å². The molecule has 1 N–H and O–H groups in total. The van der Waals surface area contributed by atoms with Crippen LogP contribution in [0.5, 0.6) is 5.75 Å². The molecule has 1 amide bonds. The second kappa shape index (κ2) is 6.93. The van der Waals surface area contributed by atoms with Crippen molar-refractivity contribution in [2.75, 3.05) is 5.32 Å². The largest absolute Gasteiger partial charge is 0.481 e.